The number of aromatic nitrogens is 1. The molecular formula is C61H42N2. The summed E-state index contributed by atoms with van der Waals surface area (Å²) in [5, 5.41) is 2.61. The quantitative estimate of drug-likeness (QED) is 0.163. The van der Waals surface area contributed by atoms with E-state index in [1.807, 2.05) is 0 Å². The number of hydrogen-bond donors (Lipinski definition) is 0. The van der Waals surface area contributed by atoms with Gasteiger partial charge in [-0.15, -0.1) is 0 Å². The molecule has 0 N–H and O–H groups in total. The number of allylic oxidation sites excluding steroid dienone is 4. The van der Waals surface area contributed by atoms with Crippen LogP contribution in [-0.2, 0) is 5.41 Å². The minimum Gasteiger partial charge on any atom is -0.313 e. The third-order valence-electron chi connectivity index (χ3n) is 14.0. The Labute approximate surface area is 368 Å². The van der Waals surface area contributed by atoms with E-state index in [-0.39, 0.29) is 0 Å². The number of hydrogen-bond acceptors (Lipinski definition) is 1. The van der Waals surface area contributed by atoms with Crippen molar-refractivity contribution in [3.05, 3.63) is 258 Å². The van der Waals surface area contributed by atoms with Crippen molar-refractivity contribution in [1.29, 1.82) is 0 Å². The predicted molar refractivity (Wildman–Crippen MR) is 264 cm³/mol. The molecule has 0 unspecified atom stereocenters. The highest BCUT2D eigenvalue weighted by atomic mass is 15.1. The first-order chi connectivity index (χ1) is 31.3. The smallest absolute Gasteiger partial charge is 0.0726 e. The SMILES string of the molecule is C1=C(c2ccc(N(c3ccc(-c4ccccc4)cc3)c3cccc4c3-c3ccccc3C43c4ccccc4-c4ccccc43)cc2)CCC(n2c3ccccc3c3ccccc32)=C1. The van der Waals surface area contributed by atoms with Gasteiger partial charge in [-0.2, -0.15) is 0 Å². The Balaban J connectivity index is 0.952. The van der Waals surface area contributed by atoms with E-state index in [0.717, 1.165) is 24.2 Å². The fourth-order valence-electron chi connectivity index (χ4n) is 11.3. The molecular weight excluding hydrogens is 761 g/mol. The van der Waals surface area contributed by atoms with Crippen molar-refractivity contribution >= 4 is 50.1 Å². The first kappa shape index (κ1) is 35.8. The van der Waals surface area contributed by atoms with Crippen LogP contribution in [-0.4, -0.2) is 4.57 Å². The van der Waals surface area contributed by atoms with Gasteiger partial charge in [-0.25, -0.2) is 0 Å². The lowest BCUT2D eigenvalue weighted by molar-refractivity contribution is 0.794. The van der Waals surface area contributed by atoms with E-state index in [2.05, 4.69) is 240 Å². The van der Waals surface area contributed by atoms with E-state index in [1.54, 1.807) is 0 Å². The van der Waals surface area contributed by atoms with Crippen LogP contribution in [0.1, 0.15) is 40.7 Å². The standard InChI is InChI=1S/C61H42N2/c1-2-15-41(16-3-1)42-29-35-45(36-30-42)62(46-37-31-43(32-38-46)44-33-39-47(40-34-44)63-57-26-12-7-19-50(57)51-20-8-13-27-58(51)63)59-28-14-25-56-60(59)52-21-6-11-24-55(52)61(56)53-22-9-4-17-48(53)49-18-5-10-23-54(49)61/h1-33,35-39H,34,40H2. The fourth-order valence-corrected chi connectivity index (χ4v) is 11.3. The lowest BCUT2D eigenvalue weighted by Gasteiger charge is -2.32. The van der Waals surface area contributed by atoms with Gasteiger partial charge in [0.1, 0.15) is 0 Å². The Morgan fingerprint density at radius 2 is 0.857 bits per heavy atom. The van der Waals surface area contributed by atoms with Crippen molar-refractivity contribution in [3.63, 3.8) is 0 Å². The first-order valence-electron chi connectivity index (χ1n) is 22.1. The summed E-state index contributed by atoms with van der Waals surface area (Å²) in [6.45, 7) is 0. The molecule has 1 spiro atoms. The highest BCUT2D eigenvalue weighted by Crippen LogP contribution is 2.64. The number of rotatable bonds is 6. The average molecular weight is 803 g/mol. The molecule has 0 bridgehead atoms. The van der Waals surface area contributed by atoms with Gasteiger partial charge in [0.05, 0.1) is 22.1 Å². The van der Waals surface area contributed by atoms with Crippen LogP contribution in [0, 0.1) is 0 Å². The van der Waals surface area contributed by atoms with Crippen LogP contribution >= 0.6 is 0 Å². The molecule has 0 amide bonds. The number of nitrogens with zero attached hydrogens (tertiary/aromatic N) is 2. The number of fused-ring (bicyclic) bond motifs is 13. The number of benzene rings is 9. The van der Waals surface area contributed by atoms with Gasteiger partial charge in [0, 0.05) is 33.4 Å². The molecule has 296 valence electrons. The van der Waals surface area contributed by atoms with Gasteiger partial charge in [-0.05, 0) is 123 Å². The van der Waals surface area contributed by atoms with Crippen LogP contribution in [0.3, 0.4) is 0 Å². The molecule has 1 heterocycles. The molecule has 1 aromatic heterocycles. The van der Waals surface area contributed by atoms with Crippen molar-refractivity contribution in [1.82, 2.24) is 4.57 Å². The van der Waals surface area contributed by atoms with Gasteiger partial charge < -0.3 is 9.47 Å². The summed E-state index contributed by atoms with van der Waals surface area (Å²) < 4.78 is 2.46. The average Bonchev–Trinajstić information content (AvgIpc) is 3.97. The lowest BCUT2D eigenvalue weighted by Crippen LogP contribution is -2.26. The van der Waals surface area contributed by atoms with Gasteiger partial charge in [0.2, 0.25) is 0 Å². The summed E-state index contributed by atoms with van der Waals surface area (Å²) >= 11 is 0. The minimum atomic E-state index is -0.416. The second-order valence-electron chi connectivity index (χ2n) is 17.1. The van der Waals surface area contributed by atoms with E-state index in [1.165, 1.54) is 100.0 Å². The molecule has 0 fully saturated rings. The minimum absolute atomic E-state index is 0.416. The maximum atomic E-state index is 2.48. The predicted octanol–water partition coefficient (Wildman–Crippen LogP) is 16.0. The fraction of sp³-hybridized carbons (Fsp3) is 0.0492. The van der Waals surface area contributed by atoms with Crippen LogP contribution in [0.2, 0.25) is 0 Å². The van der Waals surface area contributed by atoms with Crippen LogP contribution in [0.4, 0.5) is 17.1 Å². The maximum Gasteiger partial charge on any atom is 0.0726 e. The summed E-state index contributed by atoms with van der Waals surface area (Å²) in [6, 6.07) is 80.9. The van der Waals surface area contributed by atoms with Crippen LogP contribution < -0.4 is 4.90 Å². The third kappa shape index (κ3) is 5.25. The third-order valence-corrected chi connectivity index (χ3v) is 14.0. The van der Waals surface area contributed by atoms with E-state index >= 15 is 0 Å². The molecule has 0 radical (unpaired) electrons. The second kappa shape index (κ2) is 14.1. The normalized spacial score (nSPS) is 14.2. The zero-order chi connectivity index (χ0) is 41.5. The van der Waals surface area contributed by atoms with Crippen molar-refractivity contribution in [2.24, 2.45) is 0 Å². The first-order valence-corrected chi connectivity index (χ1v) is 22.1. The Hall–Kier alpha value is -7.94. The van der Waals surface area contributed by atoms with Crippen molar-refractivity contribution in [3.8, 4) is 33.4 Å². The molecule has 3 aliphatic carbocycles. The van der Waals surface area contributed by atoms with Gasteiger partial charge in [0.15, 0.2) is 0 Å². The molecule has 63 heavy (non-hydrogen) atoms. The summed E-state index contributed by atoms with van der Waals surface area (Å²) in [5.41, 5.74) is 22.5. The Morgan fingerprint density at radius 3 is 1.46 bits per heavy atom. The zero-order valence-corrected chi connectivity index (χ0v) is 34.7. The van der Waals surface area contributed by atoms with Crippen LogP contribution in [0.5, 0.6) is 0 Å². The Bertz CT molecular complexity index is 3390. The van der Waals surface area contributed by atoms with Gasteiger partial charge >= 0.3 is 0 Å². The lowest BCUT2D eigenvalue weighted by atomic mass is 9.70. The molecule has 0 atom stereocenters. The second-order valence-corrected chi connectivity index (χ2v) is 17.1. The van der Waals surface area contributed by atoms with Crippen molar-refractivity contribution in [2.75, 3.05) is 4.90 Å². The van der Waals surface area contributed by atoms with Crippen molar-refractivity contribution < 1.29 is 0 Å². The van der Waals surface area contributed by atoms with Gasteiger partial charge in [-0.3, -0.25) is 0 Å². The van der Waals surface area contributed by atoms with E-state index in [9.17, 15) is 0 Å². The van der Waals surface area contributed by atoms with Crippen LogP contribution in [0.15, 0.2) is 231 Å². The van der Waals surface area contributed by atoms with E-state index in [4.69, 9.17) is 0 Å². The number of anilines is 3. The summed E-state index contributed by atoms with van der Waals surface area (Å²) in [7, 11) is 0. The van der Waals surface area contributed by atoms with Crippen molar-refractivity contribution in [2.45, 2.75) is 18.3 Å². The molecule has 2 nitrogen and oxygen atoms in total. The van der Waals surface area contributed by atoms with Gasteiger partial charge in [-0.1, -0.05) is 182 Å². The molecule has 0 saturated heterocycles. The summed E-state index contributed by atoms with van der Waals surface area (Å²) in [6.07, 6.45) is 6.63. The highest BCUT2D eigenvalue weighted by Gasteiger charge is 2.52. The molecule has 13 rings (SSSR count). The Morgan fingerprint density at radius 1 is 0.365 bits per heavy atom. The largest absolute Gasteiger partial charge is 0.313 e. The number of para-hydroxylation sites is 2. The van der Waals surface area contributed by atoms with Crippen LogP contribution in [0.25, 0.3) is 66.5 Å². The van der Waals surface area contributed by atoms with E-state index in [0.29, 0.717) is 0 Å². The molecule has 10 aromatic rings. The van der Waals surface area contributed by atoms with Gasteiger partial charge in [0.25, 0.3) is 0 Å². The van der Waals surface area contributed by atoms with E-state index < -0.39 is 5.41 Å². The molecule has 0 aliphatic heterocycles. The molecule has 3 aliphatic rings. The molecule has 2 heteroatoms. The summed E-state index contributed by atoms with van der Waals surface area (Å²) in [4.78, 5) is 2.48. The maximum absolute atomic E-state index is 2.48. The molecule has 9 aromatic carbocycles. The highest BCUT2D eigenvalue weighted by molar-refractivity contribution is 6.10. The summed E-state index contributed by atoms with van der Waals surface area (Å²) in [5.74, 6) is 0. The zero-order valence-electron chi connectivity index (χ0n) is 34.7. The Kier molecular flexibility index (Phi) is 7.98. The topological polar surface area (TPSA) is 8.17 Å². The molecule has 0 saturated carbocycles. The monoisotopic (exact) mass is 802 g/mol.